The average molecular weight is 360 g/mol. The Kier molecular flexibility index (Phi) is 4.83. The second-order valence-corrected chi connectivity index (χ2v) is 9.38. The maximum absolute atomic E-state index is 12.1. The maximum atomic E-state index is 12.1. The molecule has 0 saturated heterocycles. The molecule has 1 unspecified atom stereocenters. The van der Waals surface area contributed by atoms with Gasteiger partial charge in [0, 0.05) is 5.92 Å². The number of carboxylic acid groups (broad SMARTS) is 1. The summed E-state index contributed by atoms with van der Waals surface area (Å²) in [6, 6.07) is 0. The average Bonchev–Trinajstić information content (AvgIpc) is 2.53. The number of esters is 1. The van der Waals surface area contributed by atoms with Crippen molar-refractivity contribution in [3.05, 3.63) is 24.3 Å². The summed E-state index contributed by atoms with van der Waals surface area (Å²) in [5.41, 5.74) is 1.21. The molecule has 0 spiro atoms. The van der Waals surface area contributed by atoms with Crippen molar-refractivity contribution >= 4 is 11.9 Å². The monoisotopic (exact) mass is 360 g/mol. The van der Waals surface area contributed by atoms with Crippen LogP contribution in [-0.4, -0.2) is 22.6 Å². The van der Waals surface area contributed by atoms with Crippen LogP contribution in [0.2, 0.25) is 0 Å². The quantitative estimate of drug-likeness (QED) is 0.440. The van der Waals surface area contributed by atoms with Gasteiger partial charge in [0.2, 0.25) is 0 Å². The molecular weight excluding hydrogens is 328 g/mol. The molecule has 2 saturated carbocycles. The molecule has 0 amide bonds. The first-order valence-corrected chi connectivity index (χ1v) is 9.90. The lowest BCUT2D eigenvalue weighted by Gasteiger charge is -2.58. The molecule has 0 aromatic heterocycles. The molecule has 4 nitrogen and oxygen atoms in total. The van der Waals surface area contributed by atoms with Crippen molar-refractivity contribution in [3.8, 4) is 0 Å². The summed E-state index contributed by atoms with van der Waals surface area (Å²) in [7, 11) is 0. The molecule has 4 heteroatoms. The third kappa shape index (κ3) is 3.23. The summed E-state index contributed by atoms with van der Waals surface area (Å²) in [6.07, 6.45) is 11.3. The Hall–Kier alpha value is -1.58. The number of carboxylic acids is 1. The highest BCUT2D eigenvalue weighted by Gasteiger charge is 2.56. The SMILES string of the molecule is C=C[C@]1(C)CC=C2C(CC[C@@H]3[C@](C)(OC(=O)CC(=O)O)CCC[C@@]23C)C1. The number of hydrogen-bond donors (Lipinski definition) is 1. The highest BCUT2D eigenvalue weighted by Crippen LogP contribution is 2.62. The fourth-order valence-corrected chi connectivity index (χ4v) is 6.10. The Bertz CT molecular complexity index is 651. The first-order chi connectivity index (χ1) is 12.1. The van der Waals surface area contributed by atoms with E-state index in [9.17, 15) is 9.59 Å². The van der Waals surface area contributed by atoms with Gasteiger partial charge in [-0.05, 0) is 68.6 Å². The smallest absolute Gasteiger partial charge is 0.317 e. The van der Waals surface area contributed by atoms with Crippen molar-refractivity contribution in [2.45, 2.75) is 77.7 Å². The van der Waals surface area contributed by atoms with E-state index in [-0.39, 0.29) is 16.7 Å². The highest BCUT2D eigenvalue weighted by molar-refractivity contribution is 5.90. The van der Waals surface area contributed by atoms with Gasteiger partial charge in [-0.15, -0.1) is 6.58 Å². The van der Waals surface area contributed by atoms with E-state index in [0.29, 0.717) is 5.92 Å². The lowest BCUT2D eigenvalue weighted by Crippen LogP contribution is -2.55. The van der Waals surface area contributed by atoms with Crippen LogP contribution < -0.4 is 0 Å². The van der Waals surface area contributed by atoms with Crippen LogP contribution in [0.1, 0.15) is 72.1 Å². The van der Waals surface area contributed by atoms with E-state index in [0.717, 1.165) is 44.9 Å². The minimum Gasteiger partial charge on any atom is -0.481 e. The van der Waals surface area contributed by atoms with E-state index in [1.165, 1.54) is 0 Å². The molecule has 5 atom stereocenters. The van der Waals surface area contributed by atoms with Crippen LogP contribution in [0, 0.1) is 22.7 Å². The summed E-state index contributed by atoms with van der Waals surface area (Å²) in [4.78, 5) is 22.9. The molecule has 0 aromatic rings. The Labute approximate surface area is 156 Å². The molecule has 2 fully saturated rings. The van der Waals surface area contributed by atoms with Crippen molar-refractivity contribution in [1.29, 1.82) is 0 Å². The van der Waals surface area contributed by atoms with E-state index < -0.39 is 24.0 Å². The normalized spacial score (nSPS) is 42.0. The van der Waals surface area contributed by atoms with E-state index in [1.54, 1.807) is 5.57 Å². The molecule has 3 rings (SSSR count). The number of fused-ring (bicyclic) bond motifs is 3. The third-order valence-corrected chi connectivity index (χ3v) is 7.41. The largest absolute Gasteiger partial charge is 0.481 e. The fraction of sp³-hybridized carbons (Fsp3) is 0.727. The maximum Gasteiger partial charge on any atom is 0.317 e. The molecule has 0 heterocycles. The topological polar surface area (TPSA) is 63.6 Å². The number of allylic oxidation sites excluding steroid dienone is 3. The van der Waals surface area contributed by atoms with E-state index in [2.05, 4.69) is 32.6 Å². The van der Waals surface area contributed by atoms with E-state index in [4.69, 9.17) is 9.84 Å². The van der Waals surface area contributed by atoms with Crippen molar-refractivity contribution < 1.29 is 19.4 Å². The highest BCUT2D eigenvalue weighted by atomic mass is 16.6. The summed E-state index contributed by atoms with van der Waals surface area (Å²) in [6.45, 7) is 10.7. The zero-order valence-corrected chi connectivity index (χ0v) is 16.3. The van der Waals surface area contributed by atoms with E-state index >= 15 is 0 Å². The standard InChI is InChI=1S/C22H32O4/c1-5-20(2)12-9-16-15(14-20)7-8-17-21(16,3)10-6-11-22(17,4)26-19(25)13-18(23)24/h5,9,15,17H,1,6-8,10-14H2,2-4H3,(H,23,24)/t15?,17-,20+,21-,22+/m0/s1. The predicted octanol–water partition coefficient (Wildman–Crippen LogP) is 4.89. The molecule has 3 aliphatic rings. The van der Waals surface area contributed by atoms with Crippen LogP contribution in [0.25, 0.3) is 0 Å². The number of hydrogen-bond acceptors (Lipinski definition) is 3. The van der Waals surface area contributed by atoms with Gasteiger partial charge in [0.25, 0.3) is 0 Å². The summed E-state index contributed by atoms with van der Waals surface area (Å²) in [5.74, 6) is -0.884. The number of rotatable bonds is 4. The van der Waals surface area contributed by atoms with Crippen LogP contribution in [0.3, 0.4) is 0 Å². The predicted molar refractivity (Wildman–Crippen MR) is 101 cm³/mol. The zero-order chi connectivity index (χ0) is 19.2. The van der Waals surface area contributed by atoms with Gasteiger partial charge in [-0.3, -0.25) is 9.59 Å². The first kappa shape index (κ1) is 19.2. The van der Waals surface area contributed by atoms with Crippen molar-refractivity contribution in [1.82, 2.24) is 0 Å². The Morgan fingerprint density at radius 1 is 1.31 bits per heavy atom. The van der Waals surface area contributed by atoms with Gasteiger partial charge < -0.3 is 9.84 Å². The van der Waals surface area contributed by atoms with Gasteiger partial charge >= 0.3 is 11.9 Å². The molecule has 0 aromatic carbocycles. The van der Waals surface area contributed by atoms with Crippen molar-refractivity contribution in [3.63, 3.8) is 0 Å². The van der Waals surface area contributed by atoms with Crippen molar-refractivity contribution in [2.24, 2.45) is 22.7 Å². The minimum atomic E-state index is -1.13. The Morgan fingerprint density at radius 2 is 2.04 bits per heavy atom. The minimum absolute atomic E-state index is 0.0436. The van der Waals surface area contributed by atoms with Gasteiger partial charge in [-0.2, -0.15) is 0 Å². The van der Waals surface area contributed by atoms with Gasteiger partial charge in [0.15, 0.2) is 0 Å². The number of ether oxygens (including phenoxy) is 1. The summed E-state index contributed by atoms with van der Waals surface area (Å²) in [5, 5.41) is 8.89. The lowest BCUT2D eigenvalue weighted by molar-refractivity contribution is -0.181. The molecule has 1 N–H and O–H groups in total. The number of carbonyl (C=O) groups is 2. The van der Waals surface area contributed by atoms with Crippen LogP contribution in [-0.2, 0) is 14.3 Å². The second-order valence-electron chi connectivity index (χ2n) is 9.38. The Morgan fingerprint density at radius 3 is 2.69 bits per heavy atom. The Balaban J connectivity index is 1.87. The molecule has 0 radical (unpaired) electrons. The van der Waals surface area contributed by atoms with Gasteiger partial charge in [-0.1, -0.05) is 31.6 Å². The van der Waals surface area contributed by atoms with Crippen molar-refractivity contribution in [2.75, 3.05) is 0 Å². The number of carbonyl (C=O) groups excluding carboxylic acids is 1. The van der Waals surface area contributed by atoms with Gasteiger partial charge in [-0.25, -0.2) is 0 Å². The van der Waals surface area contributed by atoms with E-state index in [1.807, 2.05) is 6.92 Å². The molecule has 26 heavy (non-hydrogen) atoms. The third-order valence-electron chi connectivity index (χ3n) is 7.41. The first-order valence-electron chi connectivity index (χ1n) is 9.90. The van der Waals surface area contributed by atoms with Crippen LogP contribution in [0.15, 0.2) is 24.3 Å². The molecule has 3 aliphatic carbocycles. The van der Waals surface area contributed by atoms with Gasteiger partial charge in [0.1, 0.15) is 12.0 Å². The summed E-state index contributed by atoms with van der Waals surface area (Å²) < 4.78 is 5.80. The van der Waals surface area contributed by atoms with Crippen LogP contribution >= 0.6 is 0 Å². The van der Waals surface area contributed by atoms with Gasteiger partial charge in [0.05, 0.1) is 0 Å². The molecule has 0 aliphatic heterocycles. The van der Waals surface area contributed by atoms with Crippen LogP contribution in [0.4, 0.5) is 0 Å². The molecular formula is C22H32O4. The van der Waals surface area contributed by atoms with Crippen LogP contribution in [0.5, 0.6) is 0 Å². The molecule has 144 valence electrons. The summed E-state index contributed by atoms with van der Waals surface area (Å²) >= 11 is 0. The molecule has 0 bridgehead atoms. The zero-order valence-electron chi connectivity index (χ0n) is 16.3. The lowest BCUT2D eigenvalue weighted by atomic mass is 9.48. The fourth-order valence-electron chi connectivity index (χ4n) is 6.10. The second kappa shape index (κ2) is 6.54. The number of aliphatic carboxylic acids is 1.